The van der Waals surface area contributed by atoms with E-state index >= 15 is 0 Å². The molecule has 0 bridgehead atoms. The van der Waals surface area contributed by atoms with Gasteiger partial charge in [-0.1, -0.05) is 12.1 Å². The predicted octanol–water partition coefficient (Wildman–Crippen LogP) is 2.98. The number of hydrogen-bond acceptors (Lipinski definition) is 3. The van der Waals surface area contributed by atoms with E-state index in [2.05, 4.69) is 15.2 Å². The number of aromatic carboxylic acids is 1. The van der Waals surface area contributed by atoms with Crippen LogP contribution in [0.15, 0.2) is 48.5 Å². The number of benzene rings is 2. The van der Waals surface area contributed by atoms with Gasteiger partial charge < -0.3 is 5.11 Å². The number of hydrogen-bond donors (Lipinski definition) is 2. The second-order valence-electron chi connectivity index (χ2n) is 4.40. The molecule has 0 aliphatic rings. The summed E-state index contributed by atoms with van der Waals surface area (Å²) in [6.45, 7) is 0. The Morgan fingerprint density at radius 2 is 1.86 bits per heavy atom. The van der Waals surface area contributed by atoms with E-state index in [0.717, 1.165) is 0 Å². The number of halogens is 1. The Hall–Kier alpha value is -3.02. The van der Waals surface area contributed by atoms with Gasteiger partial charge in [-0.25, -0.2) is 14.2 Å². The summed E-state index contributed by atoms with van der Waals surface area (Å²) in [6, 6.07) is 12.2. The molecule has 0 aliphatic carbocycles. The number of rotatable bonds is 3. The Labute approximate surface area is 119 Å². The highest BCUT2D eigenvalue weighted by atomic mass is 19.1. The minimum Gasteiger partial charge on any atom is -0.478 e. The lowest BCUT2D eigenvalue weighted by atomic mass is 10.1. The molecule has 0 unspecified atom stereocenters. The van der Waals surface area contributed by atoms with Crippen LogP contribution in [0.1, 0.15) is 10.4 Å². The van der Waals surface area contributed by atoms with Crippen molar-refractivity contribution < 1.29 is 14.3 Å². The lowest BCUT2D eigenvalue weighted by Gasteiger charge is -1.97. The number of H-pyrrole nitrogens is 1. The molecule has 2 N–H and O–H groups in total. The van der Waals surface area contributed by atoms with Crippen LogP contribution in [0.25, 0.3) is 22.8 Å². The number of carbonyl (C=O) groups is 1. The highest BCUT2D eigenvalue weighted by Gasteiger charge is 2.10. The Bertz CT molecular complexity index is 797. The largest absolute Gasteiger partial charge is 0.478 e. The van der Waals surface area contributed by atoms with Crippen molar-refractivity contribution in [3.8, 4) is 22.8 Å². The molecule has 0 radical (unpaired) electrons. The first kappa shape index (κ1) is 13.0. The molecule has 0 saturated carbocycles. The summed E-state index contributed by atoms with van der Waals surface area (Å²) in [5.74, 6) is -0.457. The summed E-state index contributed by atoms with van der Waals surface area (Å²) in [4.78, 5) is 15.3. The molecule has 3 rings (SSSR count). The average molecular weight is 283 g/mol. The van der Waals surface area contributed by atoms with Gasteiger partial charge in [0.25, 0.3) is 0 Å². The van der Waals surface area contributed by atoms with Gasteiger partial charge in [0.2, 0.25) is 0 Å². The van der Waals surface area contributed by atoms with Crippen LogP contribution < -0.4 is 0 Å². The van der Waals surface area contributed by atoms with Gasteiger partial charge in [0, 0.05) is 11.1 Å². The molecule has 0 spiro atoms. The van der Waals surface area contributed by atoms with E-state index in [1.54, 1.807) is 24.3 Å². The normalized spacial score (nSPS) is 10.5. The highest BCUT2D eigenvalue weighted by Crippen LogP contribution is 2.21. The number of carboxylic acids is 1. The third kappa shape index (κ3) is 2.64. The number of nitrogens with zero attached hydrogens (tertiary/aromatic N) is 2. The van der Waals surface area contributed by atoms with Crippen LogP contribution in [-0.4, -0.2) is 26.3 Å². The Kier molecular flexibility index (Phi) is 3.19. The van der Waals surface area contributed by atoms with E-state index in [9.17, 15) is 9.18 Å². The topological polar surface area (TPSA) is 78.9 Å². The van der Waals surface area contributed by atoms with Crippen LogP contribution in [0.3, 0.4) is 0 Å². The summed E-state index contributed by atoms with van der Waals surface area (Å²) in [5, 5.41) is 15.8. The van der Waals surface area contributed by atoms with Gasteiger partial charge in [0.15, 0.2) is 11.6 Å². The van der Waals surface area contributed by atoms with E-state index in [-0.39, 0.29) is 11.4 Å². The molecule has 2 aromatic carbocycles. The lowest BCUT2D eigenvalue weighted by Crippen LogP contribution is -1.96. The van der Waals surface area contributed by atoms with Crippen molar-refractivity contribution in [2.45, 2.75) is 0 Å². The van der Waals surface area contributed by atoms with E-state index in [4.69, 9.17) is 5.11 Å². The monoisotopic (exact) mass is 283 g/mol. The molecule has 6 heteroatoms. The zero-order valence-corrected chi connectivity index (χ0v) is 10.7. The Balaban J connectivity index is 1.96. The molecule has 5 nitrogen and oxygen atoms in total. The lowest BCUT2D eigenvalue weighted by molar-refractivity contribution is 0.0697. The standard InChI is InChI=1S/C15H10FN3O2/c16-12-6-4-9(5-7-12)13-17-14(19-18-13)10-2-1-3-11(8-10)15(20)21/h1-8H,(H,20,21)(H,17,18,19). The van der Waals surface area contributed by atoms with Crippen molar-refractivity contribution >= 4 is 5.97 Å². The van der Waals surface area contributed by atoms with Crippen LogP contribution in [0.2, 0.25) is 0 Å². The fourth-order valence-electron chi connectivity index (χ4n) is 1.92. The minimum atomic E-state index is -1.01. The fourth-order valence-corrected chi connectivity index (χ4v) is 1.92. The molecule has 21 heavy (non-hydrogen) atoms. The van der Waals surface area contributed by atoms with Gasteiger partial charge in [-0.15, -0.1) is 0 Å². The van der Waals surface area contributed by atoms with Crippen molar-refractivity contribution in [1.82, 2.24) is 15.2 Å². The molecule has 1 heterocycles. The van der Waals surface area contributed by atoms with Crippen molar-refractivity contribution in [2.24, 2.45) is 0 Å². The summed E-state index contributed by atoms with van der Waals surface area (Å²) in [6.07, 6.45) is 0. The van der Waals surface area contributed by atoms with Crippen LogP contribution >= 0.6 is 0 Å². The molecular formula is C15H10FN3O2. The van der Waals surface area contributed by atoms with Gasteiger partial charge >= 0.3 is 5.97 Å². The zero-order chi connectivity index (χ0) is 14.8. The average Bonchev–Trinajstić information content (AvgIpc) is 2.98. The SMILES string of the molecule is O=C(O)c1cccc(-c2n[nH]c(-c3ccc(F)cc3)n2)c1. The summed E-state index contributed by atoms with van der Waals surface area (Å²) >= 11 is 0. The number of aromatic amines is 1. The van der Waals surface area contributed by atoms with Gasteiger partial charge in [0.05, 0.1) is 5.56 Å². The molecular weight excluding hydrogens is 273 g/mol. The summed E-state index contributed by atoms with van der Waals surface area (Å²) < 4.78 is 12.9. The van der Waals surface area contributed by atoms with Crippen molar-refractivity contribution in [1.29, 1.82) is 0 Å². The number of nitrogens with one attached hydrogen (secondary N) is 1. The third-order valence-electron chi connectivity index (χ3n) is 2.97. The maximum Gasteiger partial charge on any atom is 0.335 e. The van der Waals surface area contributed by atoms with E-state index < -0.39 is 5.97 Å². The fraction of sp³-hybridized carbons (Fsp3) is 0. The van der Waals surface area contributed by atoms with E-state index in [0.29, 0.717) is 22.8 Å². The van der Waals surface area contributed by atoms with Crippen molar-refractivity contribution in [3.05, 3.63) is 59.9 Å². The van der Waals surface area contributed by atoms with Gasteiger partial charge in [-0.05, 0) is 36.4 Å². The van der Waals surface area contributed by atoms with Gasteiger partial charge in [0.1, 0.15) is 5.82 Å². The second kappa shape index (κ2) is 5.16. The van der Waals surface area contributed by atoms with E-state index in [1.165, 1.54) is 24.3 Å². The Morgan fingerprint density at radius 1 is 1.10 bits per heavy atom. The van der Waals surface area contributed by atoms with Gasteiger partial charge in [-0.2, -0.15) is 5.10 Å². The molecule has 0 amide bonds. The third-order valence-corrected chi connectivity index (χ3v) is 2.97. The minimum absolute atomic E-state index is 0.167. The maximum atomic E-state index is 12.9. The molecule has 0 saturated heterocycles. The predicted molar refractivity (Wildman–Crippen MR) is 74.2 cm³/mol. The molecule has 104 valence electrons. The maximum absolute atomic E-state index is 12.9. The second-order valence-corrected chi connectivity index (χ2v) is 4.40. The zero-order valence-electron chi connectivity index (χ0n) is 10.7. The quantitative estimate of drug-likeness (QED) is 0.774. The molecule has 0 fully saturated rings. The van der Waals surface area contributed by atoms with Crippen molar-refractivity contribution in [3.63, 3.8) is 0 Å². The Morgan fingerprint density at radius 3 is 2.57 bits per heavy atom. The highest BCUT2D eigenvalue weighted by molar-refractivity contribution is 5.89. The molecule has 0 atom stereocenters. The molecule has 3 aromatic rings. The van der Waals surface area contributed by atoms with Gasteiger partial charge in [-0.3, -0.25) is 5.10 Å². The van der Waals surface area contributed by atoms with Crippen LogP contribution in [0.4, 0.5) is 4.39 Å². The number of aromatic nitrogens is 3. The smallest absolute Gasteiger partial charge is 0.335 e. The summed E-state index contributed by atoms with van der Waals surface area (Å²) in [7, 11) is 0. The first-order valence-electron chi connectivity index (χ1n) is 6.15. The first-order valence-corrected chi connectivity index (χ1v) is 6.15. The molecule has 0 aliphatic heterocycles. The van der Waals surface area contributed by atoms with Crippen molar-refractivity contribution in [2.75, 3.05) is 0 Å². The molecule has 1 aromatic heterocycles. The van der Waals surface area contributed by atoms with Crippen LogP contribution in [-0.2, 0) is 0 Å². The number of carboxylic acid groups (broad SMARTS) is 1. The van der Waals surface area contributed by atoms with Crippen LogP contribution in [0.5, 0.6) is 0 Å². The van der Waals surface area contributed by atoms with E-state index in [1.807, 2.05) is 0 Å². The summed E-state index contributed by atoms with van der Waals surface area (Å²) in [5.41, 5.74) is 1.46. The van der Waals surface area contributed by atoms with Crippen LogP contribution in [0, 0.1) is 5.82 Å². The first-order chi connectivity index (χ1) is 10.1.